The quantitative estimate of drug-likeness (QED) is 0.436. The fraction of sp³-hybridized carbons (Fsp3) is 0.500. The van der Waals surface area contributed by atoms with Crippen LogP contribution in [0.2, 0.25) is 0 Å². The summed E-state index contributed by atoms with van der Waals surface area (Å²) in [7, 11) is 0. The summed E-state index contributed by atoms with van der Waals surface area (Å²) in [5.41, 5.74) is 0.685. The molecule has 0 amide bonds. The van der Waals surface area contributed by atoms with Gasteiger partial charge in [-0.05, 0) is 31.9 Å². The highest BCUT2D eigenvalue weighted by atomic mass is 16.3. The van der Waals surface area contributed by atoms with E-state index in [2.05, 4.69) is 18.3 Å². The van der Waals surface area contributed by atoms with Gasteiger partial charge in [-0.1, -0.05) is 18.3 Å². The van der Waals surface area contributed by atoms with Crippen molar-refractivity contribution in [2.24, 2.45) is 5.18 Å². The molecule has 2 nitrogen and oxygen atoms in total. The van der Waals surface area contributed by atoms with Crippen molar-refractivity contribution < 1.29 is 0 Å². The maximum absolute atomic E-state index is 10.3. The summed E-state index contributed by atoms with van der Waals surface area (Å²) in [5.74, 6) is 0. The van der Waals surface area contributed by atoms with Crippen LogP contribution in [0.15, 0.2) is 29.5 Å². The lowest BCUT2D eigenvalue weighted by molar-refractivity contribution is 0.644. The average molecular weight is 139 g/mol. The molecule has 0 aliphatic heterocycles. The molecule has 0 spiro atoms. The van der Waals surface area contributed by atoms with Gasteiger partial charge in [-0.25, -0.2) is 0 Å². The molecule has 10 heavy (non-hydrogen) atoms. The van der Waals surface area contributed by atoms with E-state index >= 15 is 0 Å². The first-order valence-corrected chi connectivity index (χ1v) is 3.11. The van der Waals surface area contributed by atoms with Gasteiger partial charge in [0.05, 0.1) is 0 Å². The lowest BCUT2D eigenvalue weighted by Crippen LogP contribution is -2.23. The second-order valence-corrected chi connectivity index (χ2v) is 2.72. The molecule has 0 saturated heterocycles. The van der Waals surface area contributed by atoms with Crippen LogP contribution in [0.4, 0.5) is 0 Å². The molecule has 0 aromatic carbocycles. The molecule has 0 N–H and O–H groups in total. The van der Waals surface area contributed by atoms with Gasteiger partial charge in [0.1, 0.15) is 5.54 Å². The second kappa shape index (κ2) is 2.78. The van der Waals surface area contributed by atoms with Crippen LogP contribution < -0.4 is 0 Å². The zero-order valence-corrected chi connectivity index (χ0v) is 6.77. The zero-order chi connectivity index (χ0) is 8.36. The van der Waals surface area contributed by atoms with Crippen LogP contribution >= 0.6 is 0 Å². The molecule has 0 aromatic heterocycles. The Kier molecular flexibility index (Phi) is 2.52. The van der Waals surface area contributed by atoms with Gasteiger partial charge in [0.15, 0.2) is 0 Å². The van der Waals surface area contributed by atoms with Gasteiger partial charge in [0.2, 0.25) is 0 Å². The fourth-order valence-electron chi connectivity index (χ4n) is 0.520. The summed E-state index contributed by atoms with van der Waals surface area (Å²) in [6.07, 6.45) is 0. The van der Waals surface area contributed by atoms with E-state index in [1.165, 1.54) is 0 Å². The predicted molar refractivity (Wildman–Crippen MR) is 43.8 cm³/mol. The Balaban J connectivity index is 4.72. The van der Waals surface area contributed by atoms with Gasteiger partial charge in [-0.3, -0.25) is 0 Å². The Morgan fingerprint density at radius 1 is 1.30 bits per heavy atom. The van der Waals surface area contributed by atoms with E-state index < -0.39 is 5.54 Å². The van der Waals surface area contributed by atoms with Crippen molar-refractivity contribution in [3.63, 3.8) is 0 Å². The van der Waals surface area contributed by atoms with Crippen molar-refractivity contribution in [3.8, 4) is 0 Å². The Morgan fingerprint density at radius 3 is 1.60 bits per heavy atom. The van der Waals surface area contributed by atoms with Gasteiger partial charge in [0.25, 0.3) is 0 Å². The number of rotatable bonds is 3. The standard InChI is InChI=1S/C8H13NO/c1-6(2)8(5,9-10)7(3)4/h1,3H2,2,4-5H3. The molecule has 0 radical (unpaired) electrons. The number of nitrogens with zero attached hydrogens (tertiary/aromatic N) is 1. The summed E-state index contributed by atoms with van der Waals surface area (Å²) >= 11 is 0. The van der Waals surface area contributed by atoms with Gasteiger partial charge in [0, 0.05) is 0 Å². The van der Waals surface area contributed by atoms with E-state index in [0.29, 0.717) is 0 Å². The third-order valence-corrected chi connectivity index (χ3v) is 1.84. The summed E-state index contributed by atoms with van der Waals surface area (Å²) in [5, 5.41) is 2.97. The predicted octanol–water partition coefficient (Wildman–Crippen LogP) is 2.66. The van der Waals surface area contributed by atoms with Crippen molar-refractivity contribution in [3.05, 3.63) is 29.2 Å². The van der Waals surface area contributed by atoms with E-state index in [9.17, 15) is 4.91 Å². The Labute approximate surface area is 61.6 Å². The van der Waals surface area contributed by atoms with Gasteiger partial charge in [-0.2, -0.15) is 0 Å². The molecular weight excluding hydrogens is 126 g/mol. The molecule has 0 unspecified atom stereocenters. The van der Waals surface area contributed by atoms with Crippen molar-refractivity contribution in [1.82, 2.24) is 0 Å². The van der Waals surface area contributed by atoms with E-state index in [-0.39, 0.29) is 0 Å². The van der Waals surface area contributed by atoms with Crippen molar-refractivity contribution in [2.45, 2.75) is 26.3 Å². The van der Waals surface area contributed by atoms with Crippen molar-refractivity contribution >= 4 is 0 Å². The molecule has 0 rings (SSSR count). The van der Waals surface area contributed by atoms with E-state index in [1.807, 2.05) is 0 Å². The van der Waals surface area contributed by atoms with Gasteiger partial charge < -0.3 is 0 Å². The minimum Gasteiger partial charge on any atom is -0.150 e. The average Bonchev–Trinajstić information content (AvgIpc) is 1.85. The Bertz CT molecular complexity index is 168. The van der Waals surface area contributed by atoms with Crippen LogP contribution in [0.25, 0.3) is 0 Å². The summed E-state index contributed by atoms with van der Waals surface area (Å²) in [6, 6.07) is 0. The topological polar surface area (TPSA) is 29.4 Å². The minimum absolute atomic E-state index is 0.731. The number of hydrogen-bond donors (Lipinski definition) is 0. The molecule has 0 atom stereocenters. The number of nitroso groups, excluding NO2 is 1. The summed E-state index contributed by atoms with van der Waals surface area (Å²) in [4.78, 5) is 10.3. The highest BCUT2D eigenvalue weighted by molar-refractivity contribution is 5.28. The van der Waals surface area contributed by atoms with E-state index in [0.717, 1.165) is 11.1 Å². The molecule has 0 fully saturated rings. The second-order valence-electron chi connectivity index (χ2n) is 2.72. The normalized spacial score (nSPS) is 10.7. The highest BCUT2D eigenvalue weighted by Crippen LogP contribution is 2.26. The van der Waals surface area contributed by atoms with Crippen LogP contribution in [-0.4, -0.2) is 5.54 Å². The first kappa shape index (κ1) is 9.08. The van der Waals surface area contributed by atoms with Gasteiger partial charge in [-0.15, -0.1) is 4.91 Å². The third-order valence-electron chi connectivity index (χ3n) is 1.84. The smallest absolute Gasteiger partial charge is 0.141 e. The summed E-state index contributed by atoms with van der Waals surface area (Å²) < 4.78 is 0. The Hall–Kier alpha value is -0.920. The third kappa shape index (κ3) is 1.32. The molecule has 0 aromatic rings. The van der Waals surface area contributed by atoms with Crippen LogP contribution in [-0.2, 0) is 0 Å². The van der Waals surface area contributed by atoms with Crippen molar-refractivity contribution in [1.29, 1.82) is 0 Å². The molecule has 0 saturated carbocycles. The van der Waals surface area contributed by atoms with E-state index in [4.69, 9.17) is 0 Å². The van der Waals surface area contributed by atoms with Crippen LogP contribution in [0.5, 0.6) is 0 Å². The molecular formula is C8H13NO. The largest absolute Gasteiger partial charge is 0.150 e. The van der Waals surface area contributed by atoms with Crippen LogP contribution in [0.1, 0.15) is 20.8 Å². The molecule has 56 valence electrons. The summed E-state index contributed by atoms with van der Waals surface area (Å²) in [6.45, 7) is 12.6. The molecule has 0 heterocycles. The molecule has 0 aliphatic carbocycles. The minimum atomic E-state index is -0.778. The molecule has 2 heteroatoms. The zero-order valence-electron chi connectivity index (χ0n) is 6.77. The monoisotopic (exact) mass is 139 g/mol. The van der Waals surface area contributed by atoms with Crippen LogP contribution in [0.3, 0.4) is 0 Å². The first-order valence-electron chi connectivity index (χ1n) is 3.11. The fourth-order valence-corrected chi connectivity index (χ4v) is 0.520. The maximum atomic E-state index is 10.3. The van der Waals surface area contributed by atoms with Gasteiger partial charge >= 0.3 is 0 Å². The lowest BCUT2D eigenvalue weighted by atomic mass is 9.89. The Morgan fingerprint density at radius 2 is 1.60 bits per heavy atom. The van der Waals surface area contributed by atoms with E-state index in [1.54, 1.807) is 20.8 Å². The highest BCUT2D eigenvalue weighted by Gasteiger charge is 2.26. The first-order chi connectivity index (χ1) is 4.45. The lowest BCUT2D eigenvalue weighted by Gasteiger charge is -2.21. The van der Waals surface area contributed by atoms with Crippen molar-refractivity contribution in [2.75, 3.05) is 0 Å². The maximum Gasteiger partial charge on any atom is 0.141 e. The molecule has 0 aliphatic rings. The number of hydrogen-bond acceptors (Lipinski definition) is 2. The SMILES string of the molecule is C=C(C)C(C)(N=O)C(=C)C. The molecule has 0 bridgehead atoms. The van der Waals surface area contributed by atoms with Crippen LogP contribution in [0, 0.1) is 4.91 Å².